The number of aliphatic hydroxyl groups excluding tert-OH is 1. The molecule has 0 saturated heterocycles. The molecule has 2 aromatic heterocycles. The summed E-state index contributed by atoms with van der Waals surface area (Å²) in [5, 5.41) is 10.1. The van der Waals surface area contributed by atoms with Gasteiger partial charge in [0.25, 0.3) is 5.91 Å². The molecule has 2 saturated carbocycles. The summed E-state index contributed by atoms with van der Waals surface area (Å²) >= 11 is 0. The van der Waals surface area contributed by atoms with E-state index in [9.17, 15) is 4.79 Å². The van der Waals surface area contributed by atoms with Crippen LogP contribution < -0.4 is 5.32 Å². The molecular formula is C19H27N5O2. The molecule has 1 amide bonds. The van der Waals surface area contributed by atoms with Gasteiger partial charge in [-0.05, 0) is 31.7 Å². The zero-order chi connectivity index (χ0) is 18.5. The summed E-state index contributed by atoms with van der Waals surface area (Å²) in [5.74, 6) is 0.621. The Morgan fingerprint density at radius 3 is 2.50 bits per heavy atom. The normalized spacial score (nSPS) is 17.3. The van der Waals surface area contributed by atoms with Crippen LogP contribution in [0.5, 0.6) is 0 Å². The minimum Gasteiger partial charge on any atom is -0.400 e. The maximum absolute atomic E-state index is 12.7. The highest BCUT2D eigenvalue weighted by Gasteiger charge is 2.28. The second-order valence-electron chi connectivity index (χ2n) is 6.97. The molecule has 0 aliphatic heterocycles. The van der Waals surface area contributed by atoms with E-state index < -0.39 is 0 Å². The first kappa shape index (κ1) is 18.5. The smallest absolute Gasteiger partial charge is 0.289 e. The van der Waals surface area contributed by atoms with Gasteiger partial charge >= 0.3 is 0 Å². The Morgan fingerprint density at radius 2 is 1.88 bits per heavy atom. The number of carbonyl (C=O) groups excluding carboxylic acids is 1. The van der Waals surface area contributed by atoms with Crippen molar-refractivity contribution in [3.8, 4) is 11.4 Å². The Morgan fingerprint density at radius 1 is 1.15 bits per heavy atom. The average Bonchev–Trinajstić information content (AvgIpc) is 3.45. The van der Waals surface area contributed by atoms with Crippen LogP contribution in [0.25, 0.3) is 11.4 Å². The topological polar surface area (TPSA) is 92.9 Å². The molecule has 2 aliphatic rings. The maximum atomic E-state index is 12.7. The Kier molecular flexibility index (Phi) is 5.98. The van der Waals surface area contributed by atoms with E-state index in [0.29, 0.717) is 11.7 Å². The van der Waals surface area contributed by atoms with E-state index in [1.165, 1.54) is 19.3 Å². The summed E-state index contributed by atoms with van der Waals surface area (Å²) in [6, 6.07) is 2.27. The van der Waals surface area contributed by atoms with E-state index in [4.69, 9.17) is 5.11 Å². The lowest BCUT2D eigenvalue weighted by Crippen LogP contribution is -2.37. The molecule has 2 aliphatic carbocycles. The van der Waals surface area contributed by atoms with Gasteiger partial charge in [0.2, 0.25) is 5.82 Å². The number of amides is 1. The molecule has 0 spiro atoms. The SMILES string of the molecule is CO.Cn1cncc1-c1cc(C2CC2)nc(C(=O)NC2CCCCC2)n1. The Bertz CT molecular complexity index is 748. The summed E-state index contributed by atoms with van der Waals surface area (Å²) in [5.41, 5.74) is 2.67. The maximum Gasteiger partial charge on any atom is 0.289 e. The molecule has 0 bridgehead atoms. The Balaban J connectivity index is 0.000000948. The van der Waals surface area contributed by atoms with Crippen LogP contribution in [0.2, 0.25) is 0 Å². The highest BCUT2D eigenvalue weighted by Crippen LogP contribution is 2.39. The third-order valence-corrected chi connectivity index (χ3v) is 4.96. The van der Waals surface area contributed by atoms with E-state index >= 15 is 0 Å². The van der Waals surface area contributed by atoms with Crippen molar-refractivity contribution in [2.24, 2.45) is 7.05 Å². The average molecular weight is 357 g/mol. The number of hydrogen-bond acceptors (Lipinski definition) is 5. The fraction of sp³-hybridized carbons (Fsp3) is 0.579. The molecule has 0 radical (unpaired) electrons. The van der Waals surface area contributed by atoms with Crippen molar-refractivity contribution >= 4 is 5.91 Å². The second-order valence-corrected chi connectivity index (χ2v) is 6.97. The molecule has 2 fully saturated rings. The van der Waals surface area contributed by atoms with Gasteiger partial charge in [-0.2, -0.15) is 0 Å². The zero-order valence-corrected chi connectivity index (χ0v) is 15.5. The van der Waals surface area contributed by atoms with Crippen molar-refractivity contribution in [3.63, 3.8) is 0 Å². The third kappa shape index (κ3) is 4.27. The molecule has 7 nitrogen and oxygen atoms in total. The van der Waals surface area contributed by atoms with Gasteiger partial charge in [-0.3, -0.25) is 4.79 Å². The summed E-state index contributed by atoms with van der Waals surface area (Å²) in [6.07, 6.45) is 11.6. The first-order chi connectivity index (χ1) is 12.7. The van der Waals surface area contributed by atoms with Crippen molar-refractivity contribution in [1.29, 1.82) is 0 Å². The fourth-order valence-electron chi connectivity index (χ4n) is 3.39. The van der Waals surface area contributed by atoms with E-state index in [2.05, 4.69) is 20.3 Å². The van der Waals surface area contributed by atoms with Crippen LogP contribution >= 0.6 is 0 Å². The second kappa shape index (κ2) is 8.40. The number of aromatic nitrogens is 4. The molecule has 2 heterocycles. The van der Waals surface area contributed by atoms with Crippen LogP contribution in [0.15, 0.2) is 18.6 Å². The zero-order valence-electron chi connectivity index (χ0n) is 15.5. The predicted molar refractivity (Wildman–Crippen MR) is 98.7 cm³/mol. The molecule has 140 valence electrons. The number of aliphatic hydroxyl groups is 1. The summed E-state index contributed by atoms with van der Waals surface area (Å²) in [7, 11) is 2.93. The van der Waals surface area contributed by atoms with Gasteiger partial charge in [-0.15, -0.1) is 0 Å². The van der Waals surface area contributed by atoms with Crippen LogP contribution in [0.3, 0.4) is 0 Å². The highest BCUT2D eigenvalue weighted by atomic mass is 16.2. The first-order valence-electron chi connectivity index (χ1n) is 9.32. The number of imidazole rings is 1. The molecule has 7 heteroatoms. The van der Waals surface area contributed by atoms with Crippen LogP contribution in [0.1, 0.15) is 67.2 Å². The Hall–Kier alpha value is -2.28. The van der Waals surface area contributed by atoms with Crippen molar-refractivity contribution < 1.29 is 9.90 Å². The van der Waals surface area contributed by atoms with E-state index in [0.717, 1.165) is 49.9 Å². The van der Waals surface area contributed by atoms with Gasteiger partial charge in [0.1, 0.15) is 0 Å². The van der Waals surface area contributed by atoms with Gasteiger partial charge in [0.15, 0.2) is 0 Å². The molecule has 0 unspecified atom stereocenters. The summed E-state index contributed by atoms with van der Waals surface area (Å²) < 4.78 is 1.92. The van der Waals surface area contributed by atoms with Crippen LogP contribution in [-0.4, -0.2) is 43.7 Å². The number of carbonyl (C=O) groups is 1. The van der Waals surface area contributed by atoms with Gasteiger partial charge in [-0.1, -0.05) is 19.3 Å². The first-order valence-corrected chi connectivity index (χ1v) is 9.32. The number of nitrogens with zero attached hydrogens (tertiary/aromatic N) is 4. The van der Waals surface area contributed by atoms with Crippen molar-refractivity contribution in [2.45, 2.75) is 56.9 Å². The monoisotopic (exact) mass is 357 g/mol. The molecule has 0 atom stereocenters. The van der Waals surface area contributed by atoms with Crippen LogP contribution in [-0.2, 0) is 7.05 Å². The lowest BCUT2D eigenvalue weighted by atomic mass is 9.95. The lowest BCUT2D eigenvalue weighted by Gasteiger charge is -2.22. The van der Waals surface area contributed by atoms with Gasteiger partial charge in [0, 0.05) is 31.8 Å². The van der Waals surface area contributed by atoms with Gasteiger partial charge in [0.05, 0.1) is 23.9 Å². The van der Waals surface area contributed by atoms with Crippen LogP contribution in [0, 0.1) is 0 Å². The van der Waals surface area contributed by atoms with E-state index in [1.54, 1.807) is 12.5 Å². The molecule has 26 heavy (non-hydrogen) atoms. The minimum atomic E-state index is -0.146. The van der Waals surface area contributed by atoms with E-state index in [1.807, 2.05) is 17.7 Å². The van der Waals surface area contributed by atoms with Gasteiger partial charge < -0.3 is 15.0 Å². The fourth-order valence-corrected chi connectivity index (χ4v) is 3.39. The molecule has 2 aromatic rings. The Labute approximate surface area is 153 Å². The largest absolute Gasteiger partial charge is 0.400 e. The number of aryl methyl sites for hydroxylation is 1. The van der Waals surface area contributed by atoms with Gasteiger partial charge in [-0.25, -0.2) is 15.0 Å². The standard InChI is InChI=1S/C18H23N5O.CH4O/c1-23-11-19-10-16(23)15-9-14(12-7-8-12)21-17(22-15)18(24)20-13-5-3-2-4-6-13;1-2/h9-13H,2-8H2,1H3,(H,20,24);2H,1H3. The van der Waals surface area contributed by atoms with Crippen molar-refractivity contribution in [2.75, 3.05) is 7.11 Å². The summed E-state index contributed by atoms with van der Waals surface area (Å²) in [4.78, 5) is 25.9. The minimum absolute atomic E-state index is 0.146. The lowest BCUT2D eigenvalue weighted by molar-refractivity contribution is 0.0917. The van der Waals surface area contributed by atoms with Crippen molar-refractivity contribution in [3.05, 3.63) is 30.1 Å². The number of nitrogens with one attached hydrogen (secondary N) is 1. The van der Waals surface area contributed by atoms with Crippen LogP contribution in [0.4, 0.5) is 0 Å². The van der Waals surface area contributed by atoms with E-state index in [-0.39, 0.29) is 11.9 Å². The highest BCUT2D eigenvalue weighted by molar-refractivity contribution is 5.91. The molecule has 2 N–H and O–H groups in total. The molecule has 0 aromatic carbocycles. The number of rotatable bonds is 4. The summed E-state index contributed by atoms with van der Waals surface area (Å²) in [6.45, 7) is 0. The van der Waals surface area contributed by atoms with Crippen molar-refractivity contribution in [1.82, 2.24) is 24.8 Å². The third-order valence-electron chi connectivity index (χ3n) is 4.96. The predicted octanol–water partition coefficient (Wildman–Crippen LogP) is 2.43. The number of hydrogen-bond donors (Lipinski definition) is 2. The quantitative estimate of drug-likeness (QED) is 0.877. The molecular weight excluding hydrogens is 330 g/mol. The molecule has 4 rings (SSSR count).